The molecule has 2 atom stereocenters. The van der Waals surface area contributed by atoms with Crippen LogP contribution in [0.3, 0.4) is 0 Å². The number of carbonyl (C=O) groups is 1. The number of rotatable bonds is 4. The monoisotopic (exact) mass is 350 g/mol. The molecule has 2 N–H and O–H groups in total. The van der Waals surface area contributed by atoms with Crippen molar-refractivity contribution >= 4 is 5.91 Å². The number of para-hydroxylation sites is 1. The predicted octanol–water partition coefficient (Wildman–Crippen LogP) is 3.00. The number of piperidine rings is 1. The molecule has 3 heterocycles. The molecule has 0 radical (unpaired) electrons. The number of amides is 1. The lowest BCUT2D eigenvalue weighted by Crippen LogP contribution is -2.52. The number of carbonyl (C=O) groups excluding carboxylic acids is 1. The molecule has 1 aliphatic heterocycles. The van der Waals surface area contributed by atoms with Crippen LogP contribution in [0.4, 0.5) is 0 Å². The lowest BCUT2D eigenvalue weighted by molar-refractivity contribution is 0.0912. The molecule has 6 heteroatoms. The van der Waals surface area contributed by atoms with E-state index in [4.69, 9.17) is 4.42 Å². The van der Waals surface area contributed by atoms with E-state index in [2.05, 4.69) is 22.7 Å². The minimum Gasteiger partial charge on any atom is -0.463 e. The van der Waals surface area contributed by atoms with Gasteiger partial charge in [-0.25, -0.2) is 4.68 Å². The van der Waals surface area contributed by atoms with Crippen LogP contribution in [0.2, 0.25) is 0 Å². The zero-order valence-electron chi connectivity index (χ0n) is 14.7. The highest BCUT2D eigenvalue weighted by molar-refractivity contribution is 5.94. The fourth-order valence-corrected chi connectivity index (χ4v) is 3.34. The van der Waals surface area contributed by atoms with Crippen LogP contribution in [0, 0.1) is 0 Å². The summed E-state index contributed by atoms with van der Waals surface area (Å²) in [5.74, 6) is 0.515. The van der Waals surface area contributed by atoms with Crippen molar-refractivity contribution < 1.29 is 9.21 Å². The molecule has 1 amide bonds. The van der Waals surface area contributed by atoms with E-state index in [1.54, 1.807) is 17.0 Å². The third-order valence-electron chi connectivity index (χ3n) is 4.79. The van der Waals surface area contributed by atoms with Gasteiger partial charge in [-0.15, -0.1) is 0 Å². The third-order valence-corrected chi connectivity index (χ3v) is 4.79. The Morgan fingerprint density at radius 3 is 2.85 bits per heavy atom. The van der Waals surface area contributed by atoms with Gasteiger partial charge in [0.05, 0.1) is 12.0 Å². The lowest BCUT2D eigenvalue weighted by Gasteiger charge is -2.30. The molecule has 4 rings (SSSR count). The van der Waals surface area contributed by atoms with Crippen LogP contribution >= 0.6 is 0 Å². The first kappa shape index (κ1) is 16.6. The number of aromatic nitrogens is 2. The zero-order valence-corrected chi connectivity index (χ0v) is 14.7. The molecule has 1 fully saturated rings. The molecular formula is C20H22N4O2. The molecule has 1 aromatic carbocycles. The van der Waals surface area contributed by atoms with Crippen LogP contribution in [0.5, 0.6) is 0 Å². The van der Waals surface area contributed by atoms with Crippen LogP contribution in [0.25, 0.3) is 17.1 Å². The Labute approximate surface area is 152 Å². The van der Waals surface area contributed by atoms with Crippen molar-refractivity contribution in [3.63, 3.8) is 0 Å². The second kappa shape index (κ2) is 7.17. The molecule has 2 unspecified atom stereocenters. The number of benzene rings is 1. The first-order valence-electron chi connectivity index (χ1n) is 8.96. The average Bonchev–Trinajstić information content (AvgIpc) is 3.34. The first-order chi connectivity index (χ1) is 12.7. The number of hydrogen-bond donors (Lipinski definition) is 2. The molecule has 26 heavy (non-hydrogen) atoms. The maximum absolute atomic E-state index is 13.0. The molecule has 0 bridgehead atoms. The van der Waals surface area contributed by atoms with Gasteiger partial charge in [-0.05, 0) is 50.6 Å². The van der Waals surface area contributed by atoms with E-state index in [0.717, 1.165) is 25.1 Å². The fraction of sp³-hybridized carbons (Fsp3) is 0.300. The van der Waals surface area contributed by atoms with Gasteiger partial charge in [0.25, 0.3) is 5.91 Å². The smallest absolute Gasteiger partial charge is 0.270 e. The summed E-state index contributed by atoms with van der Waals surface area (Å²) >= 11 is 0. The molecule has 2 aromatic heterocycles. The van der Waals surface area contributed by atoms with Crippen molar-refractivity contribution in [2.24, 2.45) is 0 Å². The molecule has 6 nitrogen and oxygen atoms in total. The van der Waals surface area contributed by atoms with Crippen LogP contribution in [0.15, 0.2) is 59.2 Å². The van der Waals surface area contributed by atoms with Crippen LogP contribution in [-0.2, 0) is 0 Å². The summed E-state index contributed by atoms with van der Waals surface area (Å²) in [4.78, 5) is 13.0. The SMILES string of the molecule is CC1NCCCC1NC(=O)c1cc(-c2ccco2)nn1-c1ccccc1. The van der Waals surface area contributed by atoms with Gasteiger partial charge in [0.1, 0.15) is 11.4 Å². The predicted molar refractivity (Wildman–Crippen MR) is 99.2 cm³/mol. The fourth-order valence-electron chi connectivity index (χ4n) is 3.34. The van der Waals surface area contributed by atoms with Gasteiger partial charge in [-0.3, -0.25) is 4.79 Å². The van der Waals surface area contributed by atoms with Crippen molar-refractivity contribution in [3.8, 4) is 17.1 Å². The van der Waals surface area contributed by atoms with E-state index in [9.17, 15) is 4.79 Å². The molecule has 3 aromatic rings. The van der Waals surface area contributed by atoms with Crippen molar-refractivity contribution in [3.05, 3.63) is 60.5 Å². The second-order valence-corrected chi connectivity index (χ2v) is 6.60. The molecule has 0 aliphatic carbocycles. The molecular weight excluding hydrogens is 328 g/mol. The van der Waals surface area contributed by atoms with Crippen LogP contribution in [0.1, 0.15) is 30.3 Å². The minimum atomic E-state index is -0.125. The average molecular weight is 350 g/mol. The van der Waals surface area contributed by atoms with E-state index < -0.39 is 0 Å². The Morgan fingerprint density at radius 2 is 2.12 bits per heavy atom. The summed E-state index contributed by atoms with van der Waals surface area (Å²) in [5.41, 5.74) is 1.98. The van der Waals surface area contributed by atoms with E-state index in [1.165, 1.54) is 0 Å². The Bertz CT molecular complexity index is 871. The summed E-state index contributed by atoms with van der Waals surface area (Å²) < 4.78 is 7.13. The van der Waals surface area contributed by atoms with Gasteiger partial charge in [0.15, 0.2) is 5.76 Å². The van der Waals surface area contributed by atoms with E-state index >= 15 is 0 Å². The van der Waals surface area contributed by atoms with Crippen molar-refractivity contribution in [2.45, 2.75) is 31.8 Å². The number of nitrogens with zero attached hydrogens (tertiary/aromatic N) is 2. The molecule has 1 aliphatic rings. The van der Waals surface area contributed by atoms with E-state index in [1.807, 2.05) is 42.5 Å². The summed E-state index contributed by atoms with van der Waals surface area (Å²) in [6, 6.07) is 15.5. The molecule has 0 spiro atoms. The largest absolute Gasteiger partial charge is 0.463 e. The first-order valence-corrected chi connectivity index (χ1v) is 8.96. The topological polar surface area (TPSA) is 72.1 Å². The van der Waals surface area contributed by atoms with Gasteiger partial charge < -0.3 is 15.1 Å². The quantitative estimate of drug-likeness (QED) is 0.759. The van der Waals surface area contributed by atoms with Crippen molar-refractivity contribution in [1.29, 1.82) is 0 Å². The highest BCUT2D eigenvalue weighted by Gasteiger charge is 2.25. The van der Waals surface area contributed by atoms with Gasteiger partial charge in [0.2, 0.25) is 0 Å². The number of hydrogen-bond acceptors (Lipinski definition) is 4. The maximum atomic E-state index is 13.0. The zero-order chi connectivity index (χ0) is 17.9. The standard InChI is InChI=1S/C20H22N4O2/c1-14-16(9-5-11-21-14)22-20(25)18-13-17(19-10-6-12-26-19)23-24(18)15-7-3-2-4-8-15/h2-4,6-8,10,12-14,16,21H,5,9,11H2,1H3,(H,22,25). The third kappa shape index (κ3) is 3.28. The Morgan fingerprint density at radius 1 is 1.27 bits per heavy atom. The van der Waals surface area contributed by atoms with Crippen molar-refractivity contribution in [2.75, 3.05) is 6.54 Å². The van der Waals surface area contributed by atoms with E-state index in [-0.39, 0.29) is 18.0 Å². The maximum Gasteiger partial charge on any atom is 0.270 e. The molecule has 134 valence electrons. The minimum absolute atomic E-state index is 0.113. The molecule has 1 saturated heterocycles. The highest BCUT2D eigenvalue weighted by atomic mass is 16.3. The summed E-state index contributed by atoms with van der Waals surface area (Å²) in [6.45, 7) is 3.10. The molecule has 0 saturated carbocycles. The Balaban J connectivity index is 1.68. The Hall–Kier alpha value is -2.86. The summed E-state index contributed by atoms with van der Waals surface area (Å²) in [6.07, 6.45) is 3.64. The summed E-state index contributed by atoms with van der Waals surface area (Å²) in [5, 5.41) is 11.2. The second-order valence-electron chi connectivity index (χ2n) is 6.60. The van der Waals surface area contributed by atoms with E-state index in [0.29, 0.717) is 17.1 Å². The van der Waals surface area contributed by atoms with Crippen LogP contribution in [-0.4, -0.2) is 34.3 Å². The number of furan rings is 1. The Kier molecular flexibility index (Phi) is 4.58. The van der Waals surface area contributed by atoms with Gasteiger partial charge in [-0.1, -0.05) is 18.2 Å². The highest BCUT2D eigenvalue weighted by Crippen LogP contribution is 2.22. The number of nitrogens with one attached hydrogen (secondary N) is 2. The van der Waals surface area contributed by atoms with Gasteiger partial charge in [0, 0.05) is 18.2 Å². The van der Waals surface area contributed by atoms with Gasteiger partial charge >= 0.3 is 0 Å². The summed E-state index contributed by atoms with van der Waals surface area (Å²) in [7, 11) is 0. The normalized spacial score (nSPS) is 20.0. The van der Waals surface area contributed by atoms with Gasteiger partial charge in [-0.2, -0.15) is 5.10 Å². The lowest BCUT2D eigenvalue weighted by atomic mass is 10.00. The van der Waals surface area contributed by atoms with Crippen molar-refractivity contribution in [1.82, 2.24) is 20.4 Å². The van der Waals surface area contributed by atoms with Crippen LogP contribution < -0.4 is 10.6 Å².